The van der Waals surface area contributed by atoms with Gasteiger partial charge in [-0.1, -0.05) is 12.2 Å². The minimum absolute atomic E-state index is 0.0319. The fourth-order valence-corrected chi connectivity index (χ4v) is 6.31. The number of rotatable bonds is 5. The number of ether oxygens (including phenoxy) is 2. The fraction of sp³-hybridized carbons (Fsp3) is 0.750. The van der Waals surface area contributed by atoms with Crippen LogP contribution in [0.5, 0.6) is 0 Å². The van der Waals surface area contributed by atoms with Crippen LogP contribution in [0, 0.1) is 29.6 Å². The zero-order valence-electron chi connectivity index (χ0n) is 20.0. The molecule has 0 aromatic rings. The summed E-state index contributed by atoms with van der Waals surface area (Å²) in [5.74, 6) is -0.800. The lowest BCUT2D eigenvalue weighted by Gasteiger charge is -2.33. The molecular formula is C24H35N3O6. The first kappa shape index (κ1) is 23.6. The van der Waals surface area contributed by atoms with Crippen molar-refractivity contribution in [1.82, 2.24) is 15.5 Å². The predicted octanol–water partition coefficient (Wildman–Crippen LogP) is 1.62. The van der Waals surface area contributed by atoms with Gasteiger partial charge in [0.15, 0.2) is 0 Å². The molecule has 2 aliphatic carbocycles. The molecule has 182 valence electrons. The van der Waals surface area contributed by atoms with Crippen LogP contribution in [0.2, 0.25) is 0 Å². The van der Waals surface area contributed by atoms with Crippen molar-refractivity contribution >= 4 is 23.9 Å². The van der Waals surface area contributed by atoms with Crippen molar-refractivity contribution in [2.45, 2.75) is 70.7 Å². The molecule has 2 aliphatic heterocycles. The average molecular weight is 462 g/mol. The van der Waals surface area contributed by atoms with Gasteiger partial charge in [-0.15, -0.1) is 0 Å². The van der Waals surface area contributed by atoms with Gasteiger partial charge in [0, 0.05) is 24.4 Å². The van der Waals surface area contributed by atoms with Crippen LogP contribution in [0.1, 0.15) is 47.0 Å². The van der Waals surface area contributed by atoms with Crippen molar-refractivity contribution in [2.75, 3.05) is 13.7 Å². The minimum Gasteiger partial charge on any atom is -0.467 e. The van der Waals surface area contributed by atoms with Gasteiger partial charge in [-0.3, -0.25) is 14.5 Å². The van der Waals surface area contributed by atoms with Gasteiger partial charge in [-0.05, 0) is 64.7 Å². The van der Waals surface area contributed by atoms with Gasteiger partial charge in [0.05, 0.1) is 7.11 Å². The summed E-state index contributed by atoms with van der Waals surface area (Å²) in [5.41, 5.74) is -0.697. The Morgan fingerprint density at radius 3 is 2.45 bits per heavy atom. The molecule has 0 aromatic heterocycles. The Kier molecular flexibility index (Phi) is 6.18. The monoisotopic (exact) mass is 461 g/mol. The van der Waals surface area contributed by atoms with Crippen molar-refractivity contribution in [3.05, 3.63) is 12.2 Å². The Hall–Kier alpha value is -2.58. The second-order valence-electron chi connectivity index (χ2n) is 10.8. The average Bonchev–Trinajstić information content (AvgIpc) is 3.49. The van der Waals surface area contributed by atoms with Gasteiger partial charge in [-0.2, -0.15) is 0 Å². The van der Waals surface area contributed by atoms with Gasteiger partial charge in [0.1, 0.15) is 17.7 Å². The predicted molar refractivity (Wildman–Crippen MR) is 119 cm³/mol. The molecule has 8 atom stereocenters. The molecule has 2 N–H and O–H groups in total. The molecule has 1 saturated carbocycles. The van der Waals surface area contributed by atoms with Crippen LogP contribution in [0.3, 0.4) is 0 Å². The second-order valence-corrected chi connectivity index (χ2v) is 10.8. The minimum atomic E-state index is -0.958. The second kappa shape index (κ2) is 8.65. The highest BCUT2D eigenvalue weighted by Gasteiger charge is 2.61. The summed E-state index contributed by atoms with van der Waals surface area (Å²) >= 11 is 0. The van der Waals surface area contributed by atoms with E-state index >= 15 is 0 Å². The molecule has 2 saturated heterocycles. The molecule has 3 amide bonds. The molecule has 4 aliphatic rings. The van der Waals surface area contributed by atoms with E-state index in [1.165, 1.54) is 7.11 Å². The van der Waals surface area contributed by atoms with E-state index in [1.54, 1.807) is 25.7 Å². The van der Waals surface area contributed by atoms with E-state index in [0.717, 1.165) is 6.42 Å². The van der Waals surface area contributed by atoms with Gasteiger partial charge >= 0.3 is 12.1 Å². The smallest absolute Gasteiger partial charge is 0.411 e. The van der Waals surface area contributed by atoms with Crippen LogP contribution in [-0.2, 0) is 23.9 Å². The Bertz CT molecular complexity index is 865. The third-order valence-corrected chi connectivity index (χ3v) is 7.60. The Morgan fingerprint density at radius 1 is 1.21 bits per heavy atom. The lowest BCUT2D eigenvalue weighted by Crippen LogP contribution is -2.55. The van der Waals surface area contributed by atoms with Gasteiger partial charge in [0.2, 0.25) is 11.8 Å². The Balaban J connectivity index is 1.58. The number of esters is 1. The van der Waals surface area contributed by atoms with Crippen molar-refractivity contribution in [2.24, 2.45) is 29.6 Å². The van der Waals surface area contributed by atoms with E-state index < -0.39 is 35.7 Å². The summed E-state index contributed by atoms with van der Waals surface area (Å²) in [6, 6.07) is -1.87. The Labute approximate surface area is 194 Å². The molecule has 4 rings (SSSR count). The van der Waals surface area contributed by atoms with Crippen LogP contribution >= 0.6 is 0 Å². The van der Waals surface area contributed by atoms with E-state index in [1.807, 2.05) is 6.92 Å². The molecule has 0 spiro atoms. The molecule has 2 bridgehead atoms. The number of hydrogen-bond donors (Lipinski definition) is 2. The Morgan fingerprint density at radius 2 is 1.88 bits per heavy atom. The molecule has 9 nitrogen and oxygen atoms in total. The van der Waals surface area contributed by atoms with Crippen LogP contribution < -0.4 is 10.6 Å². The number of nitrogens with one attached hydrogen (secondary N) is 2. The molecular weight excluding hydrogens is 426 g/mol. The van der Waals surface area contributed by atoms with Crippen molar-refractivity contribution in [1.29, 1.82) is 0 Å². The maximum atomic E-state index is 13.7. The fourth-order valence-electron chi connectivity index (χ4n) is 6.31. The van der Waals surface area contributed by atoms with Crippen LogP contribution in [0.25, 0.3) is 0 Å². The summed E-state index contributed by atoms with van der Waals surface area (Å²) < 4.78 is 10.6. The summed E-state index contributed by atoms with van der Waals surface area (Å²) in [6.07, 6.45) is 5.58. The van der Waals surface area contributed by atoms with Gasteiger partial charge < -0.3 is 20.1 Å². The van der Waals surface area contributed by atoms with Crippen molar-refractivity contribution in [3.63, 3.8) is 0 Å². The molecule has 33 heavy (non-hydrogen) atoms. The van der Waals surface area contributed by atoms with Crippen molar-refractivity contribution < 1.29 is 28.7 Å². The number of methoxy groups -OCH3 is 1. The number of allylic oxidation sites excluding steroid dienone is 2. The molecule has 3 fully saturated rings. The highest BCUT2D eigenvalue weighted by Crippen LogP contribution is 2.56. The number of carbonyl (C=O) groups excluding carboxylic acids is 4. The largest absolute Gasteiger partial charge is 0.467 e. The third kappa shape index (κ3) is 4.34. The maximum absolute atomic E-state index is 13.7. The SMILES string of the molecule is COC(=O)[C@H](C[C@@H]1CCNC1=O)NC(=O)[C@@H]1[C@@H]2[C@@H]([C@@H]3C=C[C@H]2C3)[C@H](C)N1C(=O)OC(C)(C)C. The zero-order chi connectivity index (χ0) is 24.1. The lowest BCUT2D eigenvalue weighted by molar-refractivity contribution is -0.146. The number of nitrogens with zero attached hydrogens (tertiary/aromatic N) is 1. The zero-order valence-corrected chi connectivity index (χ0v) is 20.0. The first-order chi connectivity index (χ1) is 15.5. The number of hydrogen-bond acceptors (Lipinski definition) is 6. The number of amides is 3. The normalized spacial score (nSPS) is 35.2. The summed E-state index contributed by atoms with van der Waals surface area (Å²) in [4.78, 5) is 53.0. The van der Waals surface area contributed by atoms with E-state index in [2.05, 4.69) is 22.8 Å². The molecule has 0 radical (unpaired) electrons. The first-order valence-electron chi connectivity index (χ1n) is 11.9. The topological polar surface area (TPSA) is 114 Å². The number of carbonyl (C=O) groups is 4. The van der Waals surface area contributed by atoms with Crippen molar-refractivity contribution in [3.8, 4) is 0 Å². The van der Waals surface area contributed by atoms with E-state index in [9.17, 15) is 19.2 Å². The van der Waals surface area contributed by atoms with Crippen LogP contribution in [-0.4, -0.2) is 66.2 Å². The number of likely N-dealkylation sites (tertiary alicyclic amines) is 1. The van der Waals surface area contributed by atoms with E-state index in [-0.39, 0.29) is 42.0 Å². The van der Waals surface area contributed by atoms with Crippen LogP contribution in [0.4, 0.5) is 4.79 Å². The molecule has 0 unspecified atom stereocenters. The lowest BCUT2D eigenvalue weighted by atomic mass is 9.79. The molecule has 9 heteroatoms. The summed E-state index contributed by atoms with van der Waals surface area (Å²) in [5, 5.41) is 5.59. The third-order valence-electron chi connectivity index (χ3n) is 7.60. The highest BCUT2D eigenvalue weighted by atomic mass is 16.6. The molecule has 0 aromatic carbocycles. The standard InChI is InChI=1S/C24H35N3O6/c1-12-17-13-6-7-14(10-13)18(17)19(27(12)23(31)33-24(2,3)4)21(29)26-16(22(30)32-5)11-15-8-9-25-20(15)28/h6-7,12-19H,8-11H2,1-5H3,(H,25,28)(H,26,29)/t12-,13+,14-,15-,16-,17+,18-,19-/m0/s1. The molecule has 2 heterocycles. The van der Waals surface area contributed by atoms with Crippen LogP contribution in [0.15, 0.2) is 12.2 Å². The van der Waals surface area contributed by atoms with E-state index in [4.69, 9.17) is 9.47 Å². The van der Waals surface area contributed by atoms with Gasteiger partial charge in [0.25, 0.3) is 0 Å². The van der Waals surface area contributed by atoms with E-state index in [0.29, 0.717) is 18.9 Å². The van der Waals surface area contributed by atoms with Gasteiger partial charge in [-0.25, -0.2) is 9.59 Å². The highest BCUT2D eigenvalue weighted by molar-refractivity contribution is 5.91. The number of fused-ring (bicyclic) bond motifs is 5. The maximum Gasteiger partial charge on any atom is 0.411 e. The first-order valence-corrected chi connectivity index (χ1v) is 11.9. The summed E-state index contributed by atoms with van der Waals surface area (Å²) in [7, 11) is 1.26. The quantitative estimate of drug-likeness (QED) is 0.475. The summed E-state index contributed by atoms with van der Waals surface area (Å²) in [6.45, 7) is 7.92.